The number of piperidine rings is 1. The second-order valence-electron chi connectivity index (χ2n) is 7.33. The number of hydrogen-bond donors (Lipinski definition) is 0. The van der Waals surface area contributed by atoms with Crippen LogP contribution < -0.4 is 4.74 Å². The monoisotopic (exact) mass is 404 g/mol. The van der Waals surface area contributed by atoms with Crippen LogP contribution in [-0.4, -0.2) is 48.6 Å². The molecule has 2 heterocycles. The molecule has 154 valence electrons. The number of ether oxygens (including phenoxy) is 2. The summed E-state index contributed by atoms with van der Waals surface area (Å²) in [6.45, 7) is 0.535. The van der Waals surface area contributed by atoms with E-state index in [9.17, 15) is 9.59 Å². The minimum Gasteiger partial charge on any atom is -0.497 e. The summed E-state index contributed by atoms with van der Waals surface area (Å²) >= 11 is 0. The van der Waals surface area contributed by atoms with Crippen molar-refractivity contribution in [3.8, 4) is 17.0 Å². The Morgan fingerprint density at radius 1 is 1.03 bits per heavy atom. The normalized spacial score (nSPS) is 16.3. The van der Waals surface area contributed by atoms with E-state index in [1.807, 2.05) is 54.6 Å². The van der Waals surface area contributed by atoms with E-state index in [0.29, 0.717) is 24.2 Å². The van der Waals surface area contributed by atoms with E-state index in [1.54, 1.807) is 12.0 Å². The number of nitrogens with zero attached hydrogens (tertiary/aromatic N) is 2. The molecule has 0 aliphatic carbocycles. The first-order valence-electron chi connectivity index (χ1n) is 10.1. The number of rotatable bonds is 4. The van der Waals surface area contributed by atoms with Gasteiger partial charge in [0.25, 0.3) is 5.91 Å². The van der Waals surface area contributed by atoms with Crippen molar-refractivity contribution in [2.45, 2.75) is 25.3 Å². The number of carbonyl (C=O) groups excluding carboxylic acids is 2. The molecule has 6 nitrogen and oxygen atoms in total. The molecule has 1 aliphatic rings. The van der Waals surface area contributed by atoms with Crippen molar-refractivity contribution in [1.29, 1.82) is 0 Å². The number of likely N-dealkylation sites (tertiary alicyclic amines) is 1. The Kier molecular flexibility index (Phi) is 5.65. The first kappa shape index (κ1) is 19.9. The van der Waals surface area contributed by atoms with Crippen LogP contribution in [0.4, 0.5) is 0 Å². The summed E-state index contributed by atoms with van der Waals surface area (Å²) in [4.78, 5) is 32.3. The Bertz CT molecular complexity index is 1080. The molecule has 1 atom stereocenters. The number of amides is 1. The third-order valence-corrected chi connectivity index (χ3v) is 5.57. The quantitative estimate of drug-likeness (QED) is 0.613. The molecule has 4 rings (SSSR count). The molecular formula is C24H24N2O4. The third kappa shape index (κ3) is 3.73. The molecule has 3 aromatic rings. The predicted octanol–water partition coefficient (Wildman–Crippen LogP) is 4.08. The summed E-state index contributed by atoms with van der Waals surface area (Å²) in [6, 6.07) is 16.4. The molecule has 1 amide bonds. The smallest absolute Gasteiger partial charge is 0.328 e. The highest BCUT2D eigenvalue weighted by atomic mass is 16.5. The van der Waals surface area contributed by atoms with Crippen molar-refractivity contribution in [2.24, 2.45) is 0 Å². The summed E-state index contributed by atoms with van der Waals surface area (Å²) in [5, 5.41) is 0.772. The van der Waals surface area contributed by atoms with Crippen LogP contribution in [0.5, 0.6) is 5.75 Å². The predicted molar refractivity (Wildman–Crippen MR) is 114 cm³/mol. The maximum absolute atomic E-state index is 13.6. The lowest BCUT2D eigenvalue weighted by atomic mass is 9.98. The van der Waals surface area contributed by atoms with Crippen molar-refractivity contribution in [3.63, 3.8) is 0 Å². The number of fused-ring (bicyclic) bond motifs is 1. The van der Waals surface area contributed by atoms with Crippen molar-refractivity contribution in [2.75, 3.05) is 20.8 Å². The lowest BCUT2D eigenvalue weighted by Gasteiger charge is -2.34. The summed E-state index contributed by atoms with van der Waals surface area (Å²) < 4.78 is 10.2. The lowest BCUT2D eigenvalue weighted by molar-refractivity contribution is -0.147. The average Bonchev–Trinajstić information content (AvgIpc) is 2.82. The Labute approximate surface area is 175 Å². The molecule has 0 saturated carbocycles. The molecule has 0 spiro atoms. The van der Waals surface area contributed by atoms with Gasteiger partial charge in [-0.1, -0.05) is 18.2 Å². The van der Waals surface area contributed by atoms with Gasteiger partial charge in [0.1, 0.15) is 11.8 Å². The van der Waals surface area contributed by atoms with Gasteiger partial charge in [-0.05, 0) is 55.7 Å². The maximum atomic E-state index is 13.6. The summed E-state index contributed by atoms with van der Waals surface area (Å²) in [6.07, 6.45) is 2.39. The summed E-state index contributed by atoms with van der Waals surface area (Å²) in [5.41, 5.74) is 2.87. The SMILES string of the molecule is COC(=O)C1CCCCN1C(=O)c1cc(-c2ccc(OC)cc2)nc2ccccc12. The summed E-state index contributed by atoms with van der Waals surface area (Å²) in [5.74, 6) is 0.223. The first-order chi connectivity index (χ1) is 14.6. The Morgan fingerprint density at radius 2 is 1.80 bits per heavy atom. The molecule has 1 aliphatic heterocycles. The van der Waals surface area contributed by atoms with Gasteiger partial charge in [-0.15, -0.1) is 0 Å². The van der Waals surface area contributed by atoms with E-state index in [2.05, 4.69) is 0 Å². The van der Waals surface area contributed by atoms with Gasteiger partial charge in [0, 0.05) is 17.5 Å². The van der Waals surface area contributed by atoms with E-state index in [1.165, 1.54) is 7.11 Å². The number of aromatic nitrogens is 1. The number of para-hydroxylation sites is 1. The van der Waals surface area contributed by atoms with E-state index >= 15 is 0 Å². The minimum absolute atomic E-state index is 0.168. The molecule has 0 bridgehead atoms. The molecular weight excluding hydrogens is 380 g/mol. The van der Waals surface area contributed by atoms with Gasteiger partial charge in [0.15, 0.2) is 0 Å². The zero-order valence-corrected chi connectivity index (χ0v) is 17.1. The third-order valence-electron chi connectivity index (χ3n) is 5.57. The van der Waals surface area contributed by atoms with Gasteiger partial charge in [0.2, 0.25) is 0 Å². The van der Waals surface area contributed by atoms with Crippen LogP contribution in [0.2, 0.25) is 0 Å². The van der Waals surface area contributed by atoms with E-state index < -0.39 is 6.04 Å². The average molecular weight is 404 g/mol. The van der Waals surface area contributed by atoms with Crippen LogP contribution in [0.25, 0.3) is 22.2 Å². The summed E-state index contributed by atoms with van der Waals surface area (Å²) in [7, 11) is 2.99. The highest BCUT2D eigenvalue weighted by Crippen LogP contribution is 2.29. The van der Waals surface area contributed by atoms with Crippen LogP contribution in [0.3, 0.4) is 0 Å². The van der Waals surface area contributed by atoms with Gasteiger partial charge in [-0.2, -0.15) is 0 Å². The maximum Gasteiger partial charge on any atom is 0.328 e. The van der Waals surface area contributed by atoms with Crippen LogP contribution in [0.1, 0.15) is 29.6 Å². The Hall–Kier alpha value is -3.41. The largest absolute Gasteiger partial charge is 0.497 e. The topological polar surface area (TPSA) is 68.7 Å². The van der Waals surface area contributed by atoms with Crippen LogP contribution in [0.15, 0.2) is 54.6 Å². The number of pyridine rings is 1. The van der Waals surface area contributed by atoms with Gasteiger partial charge in [-0.3, -0.25) is 4.79 Å². The fourth-order valence-corrected chi connectivity index (χ4v) is 3.97. The molecule has 0 radical (unpaired) electrons. The van der Waals surface area contributed by atoms with Crippen molar-refractivity contribution < 1.29 is 19.1 Å². The van der Waals surface area contributed by atoms with E-state index in [4.69, 9.17) is 14.5 Å². The minimum atomic E-state index is -0.549. The van der Waals surface area contributed by atoms with E-state index in [-0.39, 0.29) is 11.9 Å². The van der Waals surface area contributed by atoms with Crippen LogP contribution in [-0.2, 0) is 9.53 Å². The van der Waals surface area contributed by atoms with Crippen molar-refractivity contribution in [1.82, 2.24) is 9.88 Å². The fourth-order valence-electron chi connectivity index (χ4n) is 3.97. The molecule has 1 fully saturated rings. The van der Waals surface area contributed by atoms with E-state index in [0.717, 1.165) is 35.1 Å². The molecule has 1 unspecified atom stereocenters. The highest BCUT2D eigenvalue weighted by Gasteiger charge is 2.34. The Balaban J connectivity index is 1.80. The van der Waals surface area contributed by atoms with Gasteiger partial charge >= 0.3 is 5.97 Å². The molecule has 1 saturated heterocycles. The van der Waals surface area contributed by atoms with Gasteiger partial charge in [0.05, 0.1) is 31.0 Å². The second kappa shape index (κ2) is 8.53. The van der Waals surface area contributed by atoms with Crippen molar-refractivity contribution >= 4 is 22.8 Å². The van der Waals surface area contributed by atoms with Crippen molar-refractivity contribution in [3.05, 3.63) is 60.2 Å². The molecule has 0 N–H and O–H groups in total. The fraction of sp³-hybridized carbons (Fsp3) is 0.292. The highest BCUT2D eigenvalue weighted by molar-refractivity contribution is 6.08. The number of hydrogen-bond acceptors (Lipinski definition) is 5. The second-order valence-corrected chi connectivity index (χ2v) is 7.33. The number of benzene rings is 2. The number of esters is 1. The molecule has 2 aromatic carbocycles. The van der Waals surface area contributed by atoms with Crippen LogP contribution in [0, 0.1) is 0 Å². The first-order valence-corrected chi connectivity index (χ1v) is 10.1. The number of carbonyl (C=O) groups is 2. The molecule has 6 heteroatoms. The zero-order valence-electron chi connectivity index (χ0n) is 17.1. The standard InChI is InChI=1S/C24H24N2O4/c1-29-17-12-10-16(11-13-17)21-15-19(18-7-3-4-8-20(18)25-21)23(27)26-14-6-5-9-22(26)24(28)30-2/h3-4,7-8,10-13,15,22H,5-6,9,14H2,1-2H3. The molecule has 1 aromatic heterocycles. The van der Waals surface area contributed by atoms with Gasteiger partial charge in [-0.25, -0.2) is 9.78 Å². The van der Waals surface area contributed by atoms with Crippen LogP contribution >= 0.6 is 0 Å². The lowest BCUT2D eigenvalue weighted by Crippen LogP contribution is -2.48. The zero-order chi connectivity index (χ0) is 21.1. The molecule has 30 heavy (non-hydrogen) atoms. The van der Waals surface area contributed by atoms with Gasteiger partial charge < -0.3 is 14.4 Å². The number of methoxy groups -OCH3 is 2. The Morgan fingerprint density at radius 3 is 2.53 bits per heavy atom.